The molecule has 0 heterocycles. The Labute approximate surface area is 113 Å². The first-order chi connectivity index (χ1) is 9.16. The van der Waals surface area contributed by atoms with Crippen LogP contribution in [0.3, 0.4) is 0 Å². The highest BCUT2D eigenvalue weighted by molar-refractivity contribution is 7.58. The lowest BCUT2D eigenvalue weighted by atomic mass is 10.2. The van der Waals surface area contributed by atoms with E-state index in [1.54, 1.807) is 19.9 Å². The SMILES string of the molecule is CCOP(=O)(OCC)C(=C=Cc1ccccc1)CO. The summed E-state index contributed by atoms with van der Waals surface area (Å²) in [4.78, 5) is 0. The third kappa shape index (κ3) is 4.79. The van der Waals surface area contributed by atoms with Crippen molar-refractivity contribution >= 4 is 13.7 Å². The fourth-order valence-corrected chi connectivity index (χ4v) is 2.92. The molecule has 5 heteroatoms. The predicted molar refractivity (Wildman–Crippen MR) is 75.9 cm³/mol. The highest BCUT2D eigenvalue weighted by Crippen LogP contribution is 2.55. The summed E-state index contributed by atoms with van der Waals surface area (Å²) >= 11 is 0. The Balaban J connectivity index is 3.10. The van der Waals surface area contributed by atoms with E-state index in [0.717, 1.165) is 5.56 Å². The highest BCUT2D eigenvalue weighted by atomic mass is 31.2. The molecule has 0 aliphatic rings. The second-order valence-electron chi connectivity index (χ2n) is 3.64. The van der Waals surface area contributed by atoms with Gasteiger partial charge >= 0.3 is 7.60 Å². The molecule has 0 bridgehead atoms. The zero-order chi connectivity index (χ0) is 14.1. The number of rotatable bonds is 7. The fourth-order valence-electron chi connectivity index (χ4n) is 1.46. The minimum Gasteiger partial charge on any atom is -0.391 e. The standard InChI is InChI=1S/C14H19O4P/c1-3-17-19(16,18-4-2)14(12-15)11-10-13-8-6-5-7-9-13/h5-10,15H,3-4,12H2,1-2H3. The molecule has 0 saturated heterocycles. The summed E-state index contributed by atoms with van der Waals surface area (Å²) in [6.45, 7) is 3.52. The molecule has 0 spiro atoms. The first-order valence-electron chi connectivity index (χ1n) is 6.17. The Morgan fingerprint density at radius 1 is 1.26 bits per heavy atom. The molecule has 19 heavy (non-hydrogen) atoms. The minimum atomic E-state index is -3.44. The average Bonchev–Trinajstić information content (AvgIpc) is 2.41. The summed E-state index contributed by atoms with van der Waals surface area (Å²) in [6.07, 6.45) is 1.65. The molecule has 0 saturated carbocycles. The van der Waals surface area contributed by atoms with Gasteiger partial charge in [0.05, 0.1) is 19.8 Å². The van der Waals surface area contributed by atoms with Crippen molar-refractivity contribution in [2.45, 2.75) is 13.8 Å². The van der Waals surface area contributed by atoms with Crippen LogP contribution in [0.5, 0.6) is 0 Å². The van der Waals surface area contributed by atoms with Crippen molar-refractivity contribution in [1.29, 1.82) is 0 Å². The lowest BCUT2D eigenvalue weighted by Gasteiger charge is -2.16. The summed E-state index contributed by atoms with van der Waals surface area (Å²) < 4.78 is 22.8. The molecular formula is C14H19O4P. The summed E-state index contributed by atoms with van der Waals surface area (Å²) in [5.74, 6) is 0. The minimum absolute atomic E-state index is 0.139. The van der Waals surface area contributed by atoms with E-state index in [9.17, 15) is 9.67 Å². The Morgan fingerprint density at radius 2 is 1.84 bits per heavy atom. The zero-order valence-electron chi connectivity index (χ0n) is 11.2. The van der Waals surface area contributed by atoms with Crippen LogP contribution < -0.4 is 0 Å². The van der Waals surface area contributed by atoms with Crippen LogP contribution in [0.25, 0.3) is 6.08 Å². The fraction of sp³-hybridized carbons (Fsp3) is 0.357. The van der Waals surface area contributed by atoms with Gasteiger partial charge in [0.1, 0.15) is 5.31 Å². The van der Waals surface area contributed by atoms with Gasteiger partial charge in [-0.3, -0.25) is 4.57 Å². The van der Waals surface area contributed by atoms with Crippen molar-refractivity contribution in [2.75, 3.05) is 19.8 Å². The van der Waals surface area contributed by atoms with Crippen molar-refractivity contribution in [1.82, 2.24) is 0 Å². The van der Waals surface area contributed by atoms with E-state index >= 15 is 0 Å². The second-order valence-corrected chi connectivity index (χ2v) is 5.69. The molecular weight excluding hydrogens is 263 g/mol. The predicted octanol–water partition coefficient (Wildman–Crippen LogP) is 3.44. The van der Waals surface area contributed by atoms with Crippen molar-refractivity contribution < 1.29 is 18.7 Å². The van der Waals surface area contributed by atoms with Crippen LogP contribution in [0.4, 0.5) is 0 Å². The smallest absolute Gasteiger partial charge is 0.367 e. The molecule has 1 N–H and O–H groups in total. The topological polar surface area (TPSA) is 55.8 Å². The molecule has 0 amide bonds. The van der Waals surface area contributed by atoms with Gasteiger partial charge in [-0.1, -0.05) is 30.3 Å². The number of aliphatic hydroxyl groups is 1. The molecule has 0 aromatic heterocycles. The molecule has 104 valence electrons. The monoisotopic (exact) mass is 282 g/mol. The number of hydrogen-bond acceptors (Lipinski definition) is 4. The Hall–Kier alpha value is -1.15. The largest absolute Gasteiger partial charge is 0.391 e. The molecule has 1 aromatic carbocycles. The van der Waals surface area contributed by atoms with Gasteiger partial charge in [0.2, 0.25) is 0 Å². The van der Waals surface area contributed by atoms with Gasteiger partial charge in [0, 0.05) is 0 Å². The summed E-state index contributed by atoms with van der Waals surface area (Å²) in [7, 11) is -3.44. The molecule has 1 rings (SSSR count). The van der Waals surface area contributed by atoms with E-state index < -0.39 is 14.2 Å². The zero-order valence-corrected chi connectivity index (χ0v) is 12.1. The average molecular weight is 282 g/mol. The van der Waals surface area contributed by atoms with Crippen LogP contribution in [0, 0.1) is 0 Å². The first-order valence-corrected chi connectivity index (χ1v) is 7.71. The highest BCUT2D eigenvalue weighted by Gasteiger charge is 2.28. The van der Waals surface area contributed by atoms with Crippen molar-refractivity contribution in [2.24, 2.45) is 0 Å². The van der Waals surface area contributed by atoms with Crippen molar-refractivity contribution in [3.63, 3.8) is 0 Å². The Bertz CT molecular complexity index is 479. The molecule has 4 nitrogen and oxygen atoms in total. The summed E-state index contributed by atoms with van der Waals surface area (Å²) in [6, 6.07) is 9.44. The van der Waals surface area contributed by atoms with Crippen LogP contribution in [0.15, 0.2) is 41.4 Å². The maximum atomic E-state index is 12.4. The van der Waals surface area contributed by atoms with Crippen LogP contribution in [-0.2, 0) is 13.6 Å². The Morgan fingerprint density at radius 3 is 2.32 bits per heavy atom. The van der Waals surface area contributed by atoms with Crippen LogP contribution >= 0.6 is 7.60 Å². The Kier molecular flexibility index (Phi) is 6.79. The van der Waals surface area contributed by atoms with Gasteiger partial charge in [-0.2, -0.15) is 0 Å². The molecule has 0 fully saturated rings. The van der Waals surface area contributed by atoms with Crippen molar-refractivity contribution in [3.8, 4) is 0 Å². The van der Waals surface area contributed by atoms with E-state index in [2.05, 4.69) is 5.73 Å². The van der Waals surface area contributed by atoms with Gasteiger partial charge in [-0.05, 0) is 25.5 Å². The summed E-state index contributed by atoms with van der Waals surface area (Å²) in [5, 5.41) is 9.48. The lowest BCUT2D eigenvalue weighted by Crippen LogP contribution is -2.01. The van der Waals surface area contributed by atoms with E-state index in [0.29, 0.717) is 0 Å². The molecule has 0 radical (unpaired) electrons. The molecule has 0 unspecified atom stereocenters. The quantitative estimate of drug-likeness (QED) is 0.615. The van der Waals surface area contributed by atoms with E-state index in [1.807, 2.05) is 30.3 Å². The van der Waals surface area contributed by atoms with Gasteiger partial charge in [0.25, 0.3) is 0 Å². The third-order valence-corrected chi connectivity index (χ3v) is 4.41. The first kappa shape index (κ1) is 15.9. The molecule has 1 aromatic rings. The second kappa shape index (κ2) is 8.11. The van der Waals surface area contributed by atoms with Crippen LogP contribution in [-0.4, -0.2) is 24.9 Å². The maximum Gasteiger partial charge on any atom is 0.367 e. The lowest BCUT2D eigenvalue weighted by molar-refractivity contribution is 0.220. The molecule has 0 atom stereocenters. The van der Waals surface area contributed by atoms with E-state index in [1.165, 1.54) is 0 Å². The van der Waals surface area contributed by atoms with Crippen LogP contribution in [0.2, 0.25) is 0 Å². The van der Waals surface area contributed by atoms with Gasteiger partial charge in [0.15, 0.2) is 0 Å². The van der Waals surface area contributed by atoms with Crippen molar-refractivity contribution in [3.05, 3.63) is 46.9 Å². The number of aliphatic hydroxyl groups excluding tert-OH is 1. The van der Waals surface area contributed by atoms with Gasteiger partial charge < -0.3 is 14.2 Å². The van der Waals surface area contributed by atoms with E-state index in [4.69, 9.17) is 9.05 Å². The molecule has 0 aliphatic carbocycles. The van der Waals surface area contributed by atoms with E-state index in [-0.39, 0.29) is 18.5 Å². The third-order valence-electron chi connectivity index (χ3n) is 2.28. The molecule has 0 aliphatic heterocycles. The number of hydrogen-bond donors (Lipinski definition) is 1. The normalized spacial score (nSPS) is 10.9. The maximum absolute atomic E-state index is 12.4. The van der Waals surface area contributed by atoms with Gasteiger partial charge in [-0.15, -0.1) is 5.73 Å². The van der Waals surface area contributed by atoms with Crippen LogP contribution in [0.1, 0.15) is 19.4 Å². The van der Waals surface area contributed by atoms with Gasteiger partial charge in [-0.25, -0.2) is 0 Å². The number of benzene rings is 1. The summed E-state index contributed by atoms with van der Waals surface area (Å²) in [5.41, 5.74) is 3.72.